The molecule has 0 radical (unpaired) electrons. The lowest BCUT2D eigenvalue weighted by atomic mass is 9.98. The number of nitrogens with zero attached hydrogens (tertiary/aromatic N) is 4. The third kappa shape index (κ3) is 5.02. The van der Waals surface area contributed by atoms with Crippen LogP contribution in [0.4, 0.5) is 30.8 Å². The van der Waals surface area contributed by atoms with Crippen molar-refractivity contribution in [3.05, 3.63) is 54.1 Å². The number of aromatic nitrogens is 4. The van der Waals surface area contributed by atoms with Crippen molar-refractivity contribution in [2.24, 2.45) is 0 Å². The minimum atomic E-state index is -4.57. The molecule has 2 heterocycles. The molecule has 11 heteroatoms. The molecule has 0 saturated heterocycles. The third-order valence-electron chi connectivity index (χ3n) is 5.48. The van der Waals surface area contributed by atoms with E-state index in [1.54, 1.807) is 24.5 Å². The summed E-state index contributed by atoms with van der Waals surface area (Å²) in [6.45, 7) is 1.84. The second kappa shape index (κ2) is 8.64. The van der Waals surface area contributed by atoms with E-state index >= 15 is 0 Å². The first-order valence-corrected chi connectivity index (χ1v) is 10.3. The molecule has 3 N–H and O–H groups in total. The number of rotatable bonds is 6. The Labute approximate surface area is 187 Å². The first-order chi connectivity index (χ1) is 15.6. The number of halogens is 3. The van der Waals surface area contributed by atoms with Gasteiger partial charge in [0.15, 0.2) is 0 Å². The number of anilines is 3. The van der Waals surface area contributed by atoms with Crippen LogP contribution in [0, 0.1) is 6.92 Å². The maximum Gasteiger partial charge on any atom is 0.433 e. The van der Waals surface area contributed by atoms with Crippen LogP contribution in [0.3, 0.4) is 0 Å². The quantitative estimate of drug-likeness (QED) is 0.482. The molecular weight excluding hydrogens is 437 g/mol. The van der Waals surface area contributed by atoms with E-state index in [9.17, 15) is 23.1 Å². The number of aryl methyl sites for hydroxylation is 1. The number of alkyl halides is 3. The van der Waals surface area contributed by atoms with Gasteiger partial charge in [0.05, 0.1) is 0 Å². The van der Waals surface area contributed by atoms with Crippen LogP contribution in [0.5, 0.6) is 0 Å². The first kappa shape index (κ1) is 22.4. The molecule has 1 fully saturated rings. The highest BCUT2D eigenvalue weighted by Crippen LogP contribution is 2.33. The lowest BCUT2D eigenvalue weighted by molar-refractivity contribution is -0.142. The third-order valence-corrected chi connectivity index (χ3v) is 5.48. The summed E-state index contributed by atoms with van der Waals surface area (Å²) in [6.07, 6.45) is 2.29. The molecule has 2 aromatic heterocycles. The second-order valence-electron chi connectivity index (χ2n) is 7.99. The number of hydrogen-bond donors (Lipinski definition) is 3. The number of nitrogens with one attached hydrogen (secondary N) is 2. The van der Waals surface area contributed by atoms with Crippen LogP contribution in [0.1, 0.15) is 36.9 Å². The van der Waals surface area contributed by atoms with Crippen molar-refractivity contribution in [2.75, 3.05) is 10.6 Å². The molecule has 1 aliphatic carbocycles. The van der Waals surface area contributed by atoms with E-state index < -0.39 is 23.4 Å². The predicted octanol–water partition coefficient (Wildman–Crippen LogP) is 4.81. The molecule has 3 aromatic rings. The normalized spacial score (nSPS) is 15.3. The van der Waals surface area contributed by atoms with Gasteiger partial charge >= 0.3 is 12.1 Å². The second-order valence-corrected chi connectivity index (χ2v) is 7.99. The van der Waals surface area contributed by atoms with Gasteiger partial charge in [-0.3, -0.25) is 0 Å². The van der Waals surface area contributed by atoms with E-state index in [1.165, 1.54) is 0 Å². The largest absolute Gasteiger partial charge is 0.480 e. The summed E-state index contributed by atoms with van der Waals surface area (Å²) in [5.74, 6) is -0.863. The SMILES string of the molecule is Cc1cc(Nc2nccc(C(F)(F)F)n2)cc(-c2cnc(NC3(C(=O)O)CCCC3)nc2)c1. The van der Waals surface area contributed by atoms with Crippen LogP contribution in [0.15, 0.2) is 42.9 Å². The molecule has 8 nitrogen and oxygen atoms in total. The van der Waals surface area contributed by atoms with E-state index in [0.717, 1.165) is 36.2 Å². The molecule has 1 aromatic carbocycles. The fourth-order valence-electron chi connectivity index (χ4n) is 3.85. The number of carboxylic acids is 1. The highest BCUT2D eigenvalue weighted by molar-refractivity contribution is 5.82. The molecule has 0 bridgehead atoms. The molecule has 33 heavy (non-hydrogen) atoms. The van der Waals surface area contributed by atoms with E-state index in [4.69, 9.17) is 0 Å². The molecule has 0 unspecified atom stereocenters. The van der Waals surface area contributed by atoms with Crippen LogP contribution < -0.4 is 10.6 Å². The Bertz CT molecular complexity index is 1160. The van der Waals surface area contributed by atoms with Crippen LogP contribution in [-0.4, -0.2) is 36.6 Å². The molecule has 0 atom stereocenters. The van der Waals surface area contributed by atoms with Gasteiger partial charge in [-0.25, -0.2) is 24.7 Å². The maximum absolute atomic E-state index is 12.9. The average Bonchev–Trinajstić information content (AvgIpc) is 3.23. The van der Waals surface area contributed by atoms with Gasteiger partial charge in [0, 0.05) is 29.8 Å². The summed E-state index contributed by atoms with van der Waals surface area (Å²) < 4.78 is 38.7. The van der Waals surface area contributed by atoms with Crippen molar-refractivity contribution in [3.63, 3.8) is 0 Å². The molecule has 1 aliphatic rings. The van der Waals surface area contributed by atoms with Crippen molar-refractivity contribution < 1.29 is 23.1 Å². The van der Waals surface area contributed by atoms with Crippen molar-refractivity contribution in [1.82, 2.24) is 19.9 Å². The standard InChI is InChI=1S/C22H21F3N6O2/c1-13-8-14(10-16(9-13)29-20-26-7-4-17(30-20)22(23,24)25)15-11-27-19(28-12-15)31-21(18(32)33)5-2-3-6-21/h4,7-12H,2-3,5-6H2,1H3,(H,32,33)(H,26,29,30)(H,27,28,31). The zero-order chi connectivity index (χ0) is 23.6. The lowest BCUT2D eigenvalue weighted by Crippen LogP contribution is -2.44. The minimum absolute atomic E-state index is 0.173. The summed E-state index contributed by atoms with van der Waals surface area (Å²) in [5.41, 5.74) is 0.651. The van der Waals surface area contributed by atoms with Crippen LogP contribution in [-0.2, 0) is 11.0 Å². The Kier molecular flexibility index (Phi) is 5.88. The topological polar surface area (TPSA) is 113 Å². The Morgan fingerprint density at radius 2 is 1.73 bits per heavy atom. The molecule has 0 aliphatic heterocycles. The maximum atomic E-state index is 12.9. The molecule has 172 valence electrons. The van der Waals surface area contributed by atoms with Gasteiger partial charge in [-0.05, 0) is 49.1 Å². The van der Waals surface area contributed by atoms with Gasteiger partial charge in [-0.1, -0.05) is 18.9 Å². The molecule has 0 amide bonds. The lowest BCUT2D eigenvalue weighted by Gasteiger charge is -2.25. The summed E-state index contributed by atoms with van der Waals surface area (Å²) in [5, 5.41) is 15.4. The van der Waals surface area contributed by atoms with Gasteiger partial charge < -0.3 is 15.7 Å². The van der Waals surface area contributed by atoms with Crippen LogP contribution in [0.2, 0.25) is 0 Å². The minimum Gasteiger partial charge on any atom is -0.480 e. The van der Waals surface area contributed by atoms with Gasteiger partial charge in [-0.2, -0.15) is 13.2 Å². The first-order valence-electron chi connectivity index (χ1n) is 10.3. The van der Waals surface area contributed by atoms with Gasteiger partial charge in [0.1, 0.15) is 11.2 Å². The summed E-state index contributed by atoms with van der Waals surface area (Å²) in [4.78, 5) is 27.6. The van der Waals surface area contributed by atoms with E-state index in [2.05, 4.69) is 30.6 Å². The number of carboxylic acid groups (broad SMARTS) is 1. The molecule has 1 saturated carbocycles. The molecule has 0 spiro atoms. The highest BCUT2D eigenvalue weighted by Gasteiger charge is 2.41. The number of carbonyl (C=O) groups is 1. The summed E-state index contributed by atoms with van der Waals surface area (Å²) >= 11 is 0. The average molecular weight is 458 g/mol. The Morgan fingerprint density at radius 1 is 1.03 bits per heavy atom. The van der Waals surface area contributed by atoms with Crippen LogP contribution >= 0.6 is 0 Å². The van der Waals surface area contributed by atoms with Crippen molar-refractivity contribution >= 4 is 23.6 Å². The predicted molar refractivity (Wildman–Crippen MR) is 115 cm³/mol. The monoisotopic (exact) mass is 458 g/mol. The highest BCUT2D eigenvalue weighted by atomic mass is 19.4. The van der Waals surface area contributed by atoms with Gasteiger partial charge in [0.25, 0.3) is 0 Å². The Hall–Kier alpha value is -3.76. The zero-order valence-electron chi connectivity index (χ0n) is 17.6. The van der Waals surface area contributed by atoms with Gasteiger partial charge in [0.2, 0.25) is 11.9 Å². The number of hydrogen-bond acceptors (Lipinski definition) is 7. The zero-order valence-corrected chi connectivity index (χ0v) is 17.6. The number of benzene rings is 1. The van der Waals surface area contributed by atoms with E-state index in [1.807, 2.05) is 13.0 Å². The number of aliphatic carboxylic acids is 1. The fraction of sp³-hybridized carbons (Fsp3) is 0.318. The van der Waals surface area contributed by atoms with Gasteiger partial charge in [-0.15, -0.1) is 0 Å². The van der Waals surface area contributed by atoms with Crippen molar-refractivity contribution in [3.8, 4) is 11.1 Å². The van der Waals surface area contributed by atoms with Crippen LogP contribution in [0.25, 0.3) is 11.1 Å². The molecular formula is C22H21F3N6O2. The summed E-state index contributed by atoms with van der Waals surface area (Å²) in [6, 6.07) is 6.15. The van der Waals surface area contributed by atoms with Crippen molar-refractivity contribution in [1.29, 1.82) is 0 Å². The van der Waals surface area contributed by atoms with E-state index in [-0.39, 0.29) is 11.9 Å². The Morgan fingerprint density at radius 3 is 2.36 bits per heavy atom. The summed E-state index contributed by atoms with van der Waals surface area (Å²) in [7, 11) is 0. The fourth-order valence-corrected chi connectivity index (χ4v) is 3.85. The Balaban J connectivity index is 1.55. The molecule has 4 rings (SSSR count). The smallest absolute Gasteiger partial charge is 0.433 e. The van der Waals surface area contributed by atoms with E-state index in [0.29, 0.717) is 24.1 Å². The van der Waals surface area contributed by atoms with Crippen molar-refractivity contribution in [2.45, 2.75) is 44.3 Å².